The summed E-state index contributed by atoms with van der Waals surface area (Å²) < 4.78 is 0. The summed E-state index contributed by atoms with van der Waals surface area (Å²) in [6.45, 7) is 2.06. The fourth-order valence-corrected chi connectivity index (χ4v) is 4.68. The Bertz CT molecular complexity index is 1060. The molecule has 0 fully saturated rings. The number of aromatic nitrogens is 2. The molecule has 0 saturated carbocycles. The van der Waals surface area contributed by atoms with Crippen molar-refractivity contribution in [2.24, 2.45) is 0 Å². The lowest BCUT2D eigenvalue weighted by Crippen LogP contribution is -2.34. The first-order valence-electron chi connectivity index (χ1n) is 9.39. The molecule has 0 unspecified atom stereocenters. The van der Waals surface area contributed by atoms with Crippen LogP contribution in [-0.2, 0) is 17.8 Å². The van der Waals surface area contributed by atoms with Crippen LogP contribution in [0.1, 0.15) is 10.4 Å². The van der Waals surface area contributed by atoms with Gasteiger partial charge in [0.1, 0.15) is 17.0 Å². The van der Waals surface area contributed by atoms with Gasteiger partial charge < -0.3 is 15.1 Å². The number of benzene rings is 1. The van der Waals surface area contributed by atoms with Crippen molar-refractivity contribution in [3.63, 3.8) is 0 Å². The van der Waals surface area contributed by atoms with Gasteiger partial charge in [-0.05, 0) is 50.3 Å². The van der Waals surface area contributed by atoms with E-state index in [1.165, 1.54) is 10.4 Å². The second kappa shape index (κ2) is 8.49. The van der Waals surface area contributed by atoms with Crippen molar-refractivity contribution in [2.45, 2.75) is 13.0 Å². The quantitative estimate of drug-likeness (QED) is 0.621. The van der Waals surface area contributed by atoms with Crippen LogP contribution in [0.5, 0.6) is 0 Å². The molecule has 3 heterocycles. The van der Waals surface area contributed by atoms with Crippen molar-refractivity contribution >= 4 is 50.6 Å². The van der Waals surface area contributed by atoms with Gasteiger partial charge in [-0.2, -0.15) is 0 Å². The Kier molecular flexibility index (Phi) is 5.80. The number of halogens is 1. The Morgan fingerprint density at radius 2 is 2.10 bits per heavy atom. The molecule has 0 spiro atoms. The number of hydrogen-bond donors (Lipinski definition) is 1. The van der Waals surface area contributed by atoms with Crippen LogP contribution in [0.2, 0.25) is 5.02 Å². The highest BCUT2D eigenvalue weighted by Crippen LogP contribution is 2.38. The summed E-state index contributed by atoms with van der Waals surface area (Å²) in [7, 11) is 3.96. The van der Waals surface area contributed by atoms with Gasteiger partial charge in [-0.1, -0.05) is 17.7 Å². The molecule has 4 rings (SSSR count). The van der Waals surface area contributed by atoms with Crippen molar-refractivity contribution in [3.05, 3.63) is 58.2 Å². The molecule has 0 bridgehead atoms. The Morgan fingerprint density at radius 3 is 2.86 bits per heavy atom. The maximum absolute atomic E-state index is 12.5. The van der Waals surface area contributed by atoms with E-state index < -0.39 is 0 Å². The van der Waals surface area contributed by atoms with Crippen LogP contribution in [0, 0.1) is 0 Å². The summed E-state index contributed by atoms with van der Waals surface area (Å²) in [5.74, 6) is 0.848. The van der Waals surface area contributed by atoms with E-state index >= 15 is 0 Å². The number of likely N-dealkylation sites (N-methyl/N-ethyl adjacent to an activating group) is 1. The van der Waals surface area contributed by atoms with Gasteiger partial charge in [0.15, 0.2) is 0 Å². The molecular formula is C21H22ClN5OS. The van der Waals surface area contributed by atoms with E-state index in [-0.39, 0.29) is 5.91 Å². The zero-order chi connectivity index (χ0) is 20.4. The Morgan fingerprint density at radius 1 is 1.31 bits per heavy atom. The van der Waals surface area contributed by atoms with E-state index in [0.717, 1.165) is 34.7 Å². The monoisotopic (exact) mass is 427 g/mol. The lowest BCUT2D eigenvalue weighted by molar-refractivity contribution is -0.126. The molecular weight excluding hydrogens is 406 g/mol. The summed E-state index contributed by atoms with van der Waals surface area (Å²) >= 11 is 7.62. The lowest BCUT2D eigenvalue weighted by atomic mass is 10.0. The number of hydrogen-bond acceptors (Lipinski definition) is 6. The third-order valence-corrected chi connectivity index (χ3v) is 6.16. The van der Waals surface area contributed by atoms with E-state index in [0.29, 0.717) is 18.1 Å². The van der Waals surface area contributed by atoms with E-state index in [2.05, 4.69) is 15.3 Å². The molecule has 1 N–H and O–H groups in total. The van der Waals surface area contributed by atoms with Gasteiger partial charge >= 0.3 is 0 Å². The van der Waals surface area contributed by atoms with E-state index in [1.807, 2.05) is 54.2 Å². The summed E-state index contributed by atoms with van der Waals surface area (Å²) in [4.78, 5) is 27.5. The van der Waals surface area contributed by atoms with E-state index in [4.69, 9.17) is 11.6 Å². The van der Waals surface area contributed by atoms with E-state index in [1.54, 1.807) is 23.7 Å². The summed E-state index contributed by atoms with van der Waals surface area (Å²) in [6, 6.07) is 7.54. The third kappa shape index (κ3) is 4.42. The van der Waals surface area contributed by atoms with Crippen molar-refractivity contribution in [2.75, 3.05) is 32.5 Å². The molecule has 1 aliphatic heterocycles. The average Bonchev–Trinajstić information content (AvgIpc) is 3.08. The van der Waals surface area contributed by atoms with Crippen molar-refractivity contribution in [1.82, 2.24) is 19.8 Å². The van der Waals surface area contributed by atoms with Gasteiger partial charge in [0.2, 0.25) is 5.91 Å². The first-order valence-corrected chi connectivity index (χ1v) is 10.6. The number of nitrogens with one attached hydrogen (secondary N) is 1. The smallest absolute Gasteiger partial charge is 0.246 e. The minimum atomic E-state index is 0.0561. The van der Waals surface area contributed by atoms with Crippen LogP contribution in [0.4, 0.5) is 11.5 Å². The van der Waals surface area contributed by atoms with Crippen LogP contribution in [0.25, 0.3) is 10.2 Å². The highest BCUT2D eigenvalue weighted by Gasteiger charge is 2.25. The molecule has 1 aromatic carbocycles. The number of amides is 1. The zero-order valence-electron chi connectivity index (χ0n) is 16.4. The first-order chi connectivity index (χ1) is 14.0. The van der Waals surface area contributed by atoms with Crippen LogP contribution in [-0.4, -0.2) is 52.9 Å². The molecule has 0 radical (unpaired) electrons. The molecule has 0 saturated heterocycles. The van der Waals surface area contributed by atoms with Crippen LogP contribution in [0.15, 0.2) is 42.7 Å². The summed E-state index contributed by atoms with van der Waals surface area (Å²) in [6.07, 6.45) is 5.95. The number of rotatable bonds is 5. The number of fused-ring (bicyclic) bond motifs is 3. The van der Waals surface area contributed by atoms with Gasteiger partial charge in [-0.3, -0.25) is 4.79 Å². The van der Waals surface area contributed by atoms with Crippen molar-refractivity contribution in [1.29, 1.82) is 0 Å². The van der Waals surface area contributed by atoms with Gasteiger partial charge in [0.25, 0.3) is 0 Å². The highest BCUT2D eigenvalue weighted by atomic mass is 35.5. The molecule has 150 valence electrons. The SMILES string of the molecule is CN(C)C/C=C/C(=O)N1CCc2c(sc3ncnc(Nc4ccc(Cl)cc4)c23)C1. The number of carbonyl (C=O) groups is 1. The predicted octanol–water partition coefficient (Wildman–Crippen LogP) is 4.09. The normalized spacial score (nSPS) is 14.0. The highest BCUT2D eigenvalue weighted by molar-refractivity contribution is 7.19. The topological polar surface area (TPSA) is 61.4 Å². The molecule has 1 amide bonds. The Hall–Kier alpha value is -2.48. The number of thiophene rings is 1. The maximum Gasteiger partial charge on any atom is 0.246 e. The minimum Gasteiger partial charge on any atom is -0.340 e. The molecule has 29 heavy (non-hydrogen) atoms. The minimum absolute atomic E-state index is 0.0561. The maximum atomic E-state index is 12.5. The van der Waals surface area contributed by atoms with Crippen LogP contribution in [0.3, 0.4) is 0 Å². The number of carbonyl (C=O) groups excluding carboxylic acids is 1. The standard InChI is InChI=1S/C21H22ClN5OS/c1-26(2)10-3-4-18(28)27-11-9-16-17(12-27)29-21-19(16)20(23-13-24-21)25-15-7-5-14(22)6-8-15/h3-8,13H,9-12H2,1-2H3,(H,23,24,25)/b4-3+. The van der Waals surface area contributed by atoms with E-state index in [9.17, 15) is 4.79 Å². The molecule has 3 aromatic rings. The second-order valence-electron chi connectivity index (χ2n) is 7.21. The van der Waals surface area contributed by atoms with Gasteiger partial charge in [0.05, 0.1) is 11.9 Å². The van der Waals surface area contributed by atoms with Crippen LogP contribution < -0.4 is 5.32 Å². The molecule has 0 atom stereocenters. The fraction of sp³-hybridized carbons (Fsp3) is 0.286. The van der Waals surface area contributed by atoms with Crippen molar-refractivity contribution < 1.29 is 4.79 Å². The molecule has 2 aromatic heterocycles. The Labute approximate surface area is 178 Å². The molecule has 8 heteroatoms. The summed E-state index contributed by atoms with van der Waals surface area (Å²) in [5, 5.41) is 5.13. The van der Waals surface area contributed by atoms with Crippen molar-refractivity contribution in [3.8, 4) is 0 Å². The predicted molar refractivity (Wildman–Crippen MR) is 119 cm³/mol. The molecule has 0 aliphatic carbocycles. The third-order valence-electron chi connectivity index (χ3n) is 4.79. The average molecular weight is 428 g/mol. The molecule has 6 nitrogen and oxygen atoms in total. The largest absolute Gasteiger partial charge is 0.340 e. The molecule has 1 aliphatic rings. The number of nitrogens with zero attached hydrogens (tertiary/aromatic N) is 4. The second-order valence-corrected chi connectivity index (χ2v) is 8.73. The first kappa shape index (κ1) is 19.8. The van der Waals surface area contributed by atoms with Crippen LogP contribution >= 0.6 is 22.9 Å². The summed E-state index contributed by atoms with van der Waals surface area (Å²) in [5.41, 5.74) is 2.16. The lowest BCUT2D eigenvalue weighted by Gasteiger charge is -2.26. The fourth-order valence-electron chi connectivity index (χ4n) is 3.35. The van der Waals surface area contributed by atoms with Gasteiger partial charge in [-0.15, -0.1) is 11.3 Å². The van der Waals surface area contributed by atoms with Gasteiger partial charge in [-0.25, -0.2) is 9.97 Å². The number of anilines is 2. The Balaban J connectivity index is 1.58. The van der Waals surface area contributed by atoms with Gasteiger partial charge in [0, 0.05) is 34.8 Å². The zero-order valence-corrected chi connectivity index (χ0v) is 17.9.